The van der Waals surface area contributed by atoms with Crippen molar-refractivity contribution >= 4 is 40.3 Å². The topological polar surface area (TPSA) is 89.0 Å². The Morgan fingerprint density at radius 3 is 2.62 bits per heavy atom. The van der Waals surface area contributed by atoms with E-state index in [1.165, 1.54) is 23.9 Å². The third kappa shape index (κ3) is 4.50. The summed E-state index contributed by atoms with van der Waals surface area (Å²) in [4.78, 5) is 30.4. The standard InChI is InChI=1S/C24H21N3O4S/c1-3-13-26-23(28)22(32-24(26)25-17-7-5-4-6-8-17)15-19-10-12-21(31-19)20-11-9-18(27(29)30)14-16(20)2/h4-12,14-15H,3,13H2,1-2H3/b22-15+,25-24?. The van der Waals surface area contributed by atoms with Crippen molar-refractivity contribution in [1.82, 2.24) is 4.90 Å². The fourth-order valence-electron chi connectivity index (χ4n) is 3.37. The Morgan fingerprint density at radius 1 is 1.16 bits per heavy atom. The number of aliphatic imine (C=N–C) groups is 1. The molecule has 7 nitrogen and oxygen atoms in total. The lowest BCUT2D eigenvalue weighted by atomic mass is 10.1. The monoisotopic (exact) mass is 447 g/mol. The van der Waals surface area contributed by atoms with Gasteiger partial charge in [-0.3, -0.25) is 19.8 Å². The third-order valence-corrected chi connectivity index (χ3v) is 5.91. The van der Waals surface area contributed by atoms with Gasteiger partial charge in [-0.05, 0) is 61.0 Å². The van der Waals surface area contributed by atoms with Gasteiger partial charge < -0.3 is 4.42 Å². The van der Waals surface area contributed by atoms with Crippen LogP contribution in [0, 0.1) is 17.0 Å². The summed E-state index contributed by atoms with van der Waals surface area (Å²) in [5.74, 6) is 1.02. The van der Waals surface area contributed by atoms with Crippen LogP contribution in [0.25, 0.3) is 17.4 Å². The lowest BCUT2D eigenvalue weighted by molar-refractivity contribution is -0.384. The second kappa shape index (κ2) is 9.23. The molecule has 0 unspecified atom stereocenters. The van der Waals surface area contributed by atoms with E-state index in [-0.39, 0.29) is 11.6 Å². The van der Waals surface area contributed by atoms with Crippen molar-refractivity contribution in [2.24, 2.45) is 4.99 Å². The fraction of sp³-hybridized carbons (Fsp3) is 0.167. The number of thioether (sulfide) groups is 1. The van der Waals surface area contributed by atoms with Crippen LogP contribution in [0.2, 0.25) is 0 Å². The number of amides is 1. The molecular weight excluding hydrogens is 426 g/mol. The second-order valence-corrected chi connectivity index (χ2v) is 8.26. The van der Waals surface area contributed by atoms with Crippen molar-refractivity contribution < 1.29 is 14.1 Å². The van der Waals surface area contributed by atoms with E-state index in [9.17, 15) is 14.9 Å². The summed E-state index contributed by atoms with van der Waals surface area (Å²) in [6.45, 7) is 4.40. The number of amidine groups is 1. The molecule has 0 radical (unpaired) electrons. The fourth-order valence-corrected chi connectivity index (χ4v) is 4.37. The zero-order valence-corrected chi connectivity index (χ0v) is 18.5. The molecule has 1 amide bonds. The maximum absolute atomic E-state index is 13.0. The lowest BCUT2D eigenvalue weighted by Gasteiger charge is -2.13. The summed E-state index contributed by atoms with van der Waals surface area (Å²) in [5, 5.41) is 11.6. The molecule has 32 heavy (non-hydrogen) atoms. The van der Waals surface area contributed by atoms with E-state index in [2.05, 4.69) is 4.99 Å². The molecule has 1 aromatic heterocycles. The van der Waals surface area contributed by atoms with Gasteiger partial charge in [-0.25, -0.2) is 4.99 Å². The number of carbonyl (C=O) groups excluding carboxylic acids is 1. The average Bonchev–Trinajstić information content (AvgIpc) is 3.35. The van der Waals surface area contributed by atoms with Gasteiger partial charge in [-0.2, -0.15) is 0 Å². The molecule has 0 atom stereocenters. The molecular formula is C24H21N3O4S. The van der Waals surface area contributed by atoms with Crippen LogP contribution in [0.15, 0.2) is 75.0 Å². The van der Waals surface area contributed by atoms with Crippen LogP contribution in [0.1, 0.15) is 24.7 Å². The maximum atomic E-state index is 13.0. The quantitative estimate of drug-likeness (QED) is 0.256. The van der Waals surface area contributed by atoms with Crippen molar-refractivity contribution in [1.29, 1.82) is 0 Å². The molecule has 0 saturated carbocycles. The van der Waals surface area contributed by atoms with Gasteiger partial charge in [0.2, 0.25) is 0 Å². The minimum absolute atomic E-state index is 0.0364. The number of hydrogen-bond acceptors (Lipinski definition) is 6. The molecule has 8 heteroatoms. The van der Waals surface area contributed by atoms with Crippen molar-refractivity contribution in [3.05, 3.63) is 87.0 Å². The van der Waals surface area contributed by atoms with Gasteiger partial charge in [0.15, 0.2) is 5.17 Å². The number of nitro benzene ring substituents is 1. The minimum atomic E-state index is -0.422. The highest BCUT2D eigenvalue weighted by molar-refractivity contribution is 8.18. The van der Waals surface area contributed by atoms with E-state index < -0.39 is 4.92 Å². The molecule has 162 valence electrons. The van der Waals surface area contributed by atoms with Crippen LogP contribution in [0.5, 0.6) is 0 Å². The third-order valence-electron chi connectivity index (χ3n) is 4.90. The van der Waals surface area contributed by atoms with E-state index in [0.717, 1.165) is 23.2 Å². The van der Waals surface area contributed by atoms with E-state index >= 15 is 0 Å². The molecule has 4 rings (SSSR count). The van der Waals surface area contributed by atoms with Gasteiger partial charge in [-0.15, -0.1) is 0 Å². The van der Waals surface area contributed by atoms with Crippen LogP contribution in [-0.2, 0) is 4.79 Å². The Balaban J connectivity index is 1.62. The number of carbonyl (C=O) groups is 1. The number of benzene rings is 2. The number of non-ortho nitro benzene ring substituents is 1. The van der Waals surface area contributed by atoms with Crippen LogP contribution < -0.4 is 0 Å². The van der Waals surface area contributed by atoms with Crippen LogP contribution in [0.4, 0.5) is 11.4 Å². The number of nitrogens with zero attached hydrogens (tertiary/aromatic N) is 3. The number of para-hydroxylation sites is 1. The first kappa shape index (κ1) is 21.6. The highest BCUT2D eigenvalue weighted by Gasteiger charge is 2.33. The number of aryl methyl sites for hydroxylation is 1. The molecule has 1 saturated heterocycles. The maximum Gasteiger partial charge on any atom is 0.269 e. The first-order valence-electron chi connectivity index (χ1n) is 10.2. The molecule has 0 aliphatic carbocycles. The molecule has 2 aromatic carbocycles. The van der Waals surface area contributed by atoms with Gasteiger partial charge in [-0.1, -0.05) is 25.1 Å². The van der Waals surface area contributed by atoms with Gasteiger partial charge in [0.1, 0.15) is 11.5 Å². The lowest BCUT2D eigenvalue weighted by Crippen LogP contribution is -2.29. The molecule has 3 aromatic rings. The normalized spacial score (nSPS) is 16.3. The Morgan fingerprint density at radius 2 is 1.94 bits per heavy atom. The number of furan rings is 1. The van der Waals surface area contributed by atoms with E-state index in [1.54, 1.807) is 36.1 Å². The summed E-state index contributed by atoms with van der Waals surface area (Å²) >= 11 is 1.32. The SMILES string of the molecule is CCCN1C(=O)/C(=C\c2ccc(-c3ccc([N+](=O)[O-])cc3C)o2)SC1=Nc1ccccc1. The average molecular weight is 448 g/mol. The molecule has 1 aliphatic rings. The number of hydrogen-bond donors (Lipinski definition) is 0. The smallest absolute Gasteiger partial charge is 0.269 e. The van der Waals surface area contributed by atoms with Crippen LogP contribution in [0.3, 0.4) is 0 Å². The second-order valence-electron chi connectivity index (χ2n) is 7.26. The van der Waals surface area contributed by atoms with Gasteiger partial charge >= 0.3 is 0 Å². The summed E-state index contributed by atoms with van der Waals surface area (Å²) in [6.07, 6.45) is 2.53. The number of nitro groups is 1. The Bertz CT molecular complexity index is 1230. The van der Waals surface area contributed by atoms with Crippen LogP contribution >= 0.6 is 11.8 Å². The van der Waals surface area contributed by atoms with Crippen molar-refractivity contribution in [2.45, 2.75) is 20.3 Å². The van der Waals surface area contributed by atoms with Gasteiger partial charge in [0.05, 0.1) is 15.5 Å². The summed E-state index contributed by atoms with van der Waals surface area (Å²) in [6, 6.07) is 17.8. The Kier molecular flexibility index (Phi) is 6.23. The van der Waals surface area contributed by atoms with E-state index in [0.29, 0.717) is 28.1 Å². The van der Waals surface area contributed by atoms with Gasteiger partial charge in [0, 0.05) is 30.3 Å². The van der Waals surface area contributed by atoms with E-state index in [4.69, 9.17) is 4.42 Å². The Labute approximate surface area is 189 Å². The molecule has 2 heterocycles. The molecule has 1 fully saturated rings. The van der Waals surface area contributed by atoms with E-state index in [1.807, 2.05) is 37.3 Å². The summed E-state index contributed by atoms with van der Waals surface area (Å²) in [5.41, 5.74) is 2.34. The summed E-state index contributed by atoms with van der Waals surface area (Å²) in [7, 11) is 0. The predicted molar refractivity (Wildman–Crippen MR) is 127 cm³/mol. The highest BCUT2D eigenvalue weighted by Crippen LogP contribution is 2.35. The zero-order chi connectivity index (χ0) is 22.7. The molecule has 0 spiro atoms. The van der Waals surface area contributed by atoms with Gasteiger partial charge in [0.25, 0.3) is 11.6 Å². The van der Waals surface area contributed by atoms with Crippen molar-refractivity contribution in [3.8, 4) is 11.3 Å². The highest BCUT2D eigenvalue weighted by atomic mass is 32.2. The van der Waals surface area contributed by atoms with Crippen molar-refractivity contribution in [3.63, 3.8) is 0 Å². The predicted octanol–water partition coefficient (Wildman–Crippen LogP) is 6.18. The first-order chi connectivity index (χ1) is 15.5. The Hall–Kier alpha value is -3.65. The zero-order valence-electron chi connectivity index (χ0n) is 17.6. The number of rotatable bonds is 6. The molecule has 0 bridgehead atoms. The molecule has 0 N–H and O–H groups in total. The first-order valence-corrected chi connectivity index (χ1v) is 11.0. The summed E-state index contributed by atoms with van der Waals surface area (Å²) < 4.78 is 5.94. The molecule has 1 aliphatic heterocycles. The largest absolute Gasteiger partial charge is 0.457 e. The van der Waals surface area contributed by atoms with Crippen molar-refractivity contribution in [2.75, 3.05) is 6.54 Å². The minimum Gasteiger partial charge on any atom is -0.457 e. The van der Waals surface area contributed by atoms with Crippen LogP contribution in [-0.4, -0.2) is 27.4 Å².